The summed E-state index contributed by atoms with van der Waals surface area (Å²) in [6, 6.07) is 13.2. The van der Waals surface area contributed by atoms with Crippen LogP contribution in [0.15, 0.2) is 53.4 Å². The van der Waals surface area contributed by atoms with Crippen molar-refractivity contribution >= 4 is 21.7 Å². The van der Waals surface area contributed by atoms with Crippen LogP contribution in [0.3, 0.4) is 0 Å². The number of carbonyl (C=O) groups is 1. The highest BCUT2D eigenvalue weighted by Crippen LogP contribution is 2.21. The molecule has 6 nitrogen and oxygen atoms in total. The number of anilines is 1. The molecule has 0 aliphatic rings. The van der Waals surface area contributed by atoms with Gasteiger partial charge in [0.15, 0.2) is 0 Å². The molecule has 0 atom stereocenters. The summed E-state index contributed by atoms with van der Waals surface area (Å²) in [4.78, 5) is 11.5. The SMILES string of the molecule is CC(C)CCNc1ccc(S(=O)(=O)NCc2ccccc2)cc1C(=O)O. The molecule has 0 spiro atoms. The molecule has 0 aliphatic heterocycles. The summed E-state index contributed by atoms with van der Waals surface area (Å²) < 4.78 is 27.4. The van der Waals surface area contributed by atoms with Crippen LogP contribution in [-0.4, -0.2) is 26.0 Å². The zero-order chi connectivity index (χ0) is 19.2. The molecule has 7 heteroatoms. The highest BCUT2D eigenvalue weighted by Gasteiger charge is 2.19. The molecule has 0 saturated carbocycles. The van der Waals surface area contributed by atoms with Gasteiger partial charge in [-0.05, 0) is 36.1 Å². The predicted molar refractivity (Wildman–Crippen MR) is 102 cm³/mol. The van der Waals surface area contributed by atoms with E-state index in [1.165, 1.54) is 18.2 Å². The highest BCUT2D eigenvalue weighted by atomic mass is 32.2. The summed E-state index contributed by atoms with van der Waals surface area (Å²) in [7, 11) is -3.81. The lowest BCUT2D eigenvalue weighted by Gasteiger charge is -2.13. The summed E-state index contributed by atoms with van der Waals surface area (Å²) in [6.45, 7) is 4.91. The number of hydrogen-bond acceptors (Lipinski definition) is 4. The number of hydrogen-bond donors (Lipinski definition) is 3. The van der Waals surface area contributed by atoms with Gasteiger partial charge in [-0.25, -0.2) is 17.9 Å². The molecule has 0 aliphatic carbocycles. The van der Waals surface area contributed by atoms with E-state index in [9.17, 15) is 18.3 Å². The molecule has 0 heterocycles. The molecule has 2 aromatic carbocycles. The van der Waals surface area contributed by atoms with Gasteiger partial charge in [0.2, 0.25) is 10.0 Å². The van der Waals surface area contributed by atoms with Gasteiger partial charge in [-0.1, -0.05) is 44.2 Å². The summed E-state index contributed by atoms with van der Waals surface area (Å²) >= 11 is 0. The third-order valence-electron chi connectivity index (χ3n) is 3.88. The minimum absolute atomic E-state index is 0.0589. The maximum atomic E-state index is 12.5. The molecule has 2 aromatic rings. The van der Waals surface area contributed by atoms with Crippen LogP contribution in [0.25, 0.3) is 0 Å². The Hall–Kier alpha value is -2.38. The van der Waals surface area contributed by atoms with Gasteiger partial charge in [0.05, 0.1) is 10.5 Å². The monoisotopic (exact) mass is 376 g/mol. The number of carboxylic acid groups (broad SMARTS) is 1. The number of nitrogens with one attached hydrogen (secondary N) is 2. The molecule has 0 saturated heterocycles. The van der Waals surface area contributed by atoms with Gasteiger partial charge >= 0.3 is 5.97 Å². The molecule has 3 N–H and O–H groups in total. The Bertz CT molecular complexity index is 849. The van der Waals surface area contributed by atoms with Gasteiger partial charge in [-0.3, -0.25) is 0 Å². The Balaban J connectivity index is 2.17. The van der Waals surface area contributed by atoms with Crippen LogP contribution >= 0.6 is 0 Å². The van der Waals surface area contributed by atoms with Crippen molar-refractivity contribution in [1.82, 2.24) is 4.72 Å². The first-order chi connectivity index (χ1) is 12.3. The van der Waals surface area contributed by atoms with Crippen molar-refractivity contribution in [2.75, 3.05) is 11.9 Å². The lowest BCUT2D eigenvalue weighted by molar-refractivity contribution is 0.0697. The van der Waals surface area contributed by atoms with Crippen molar-refractivity contribution in [3.63, 3.8) is 0 Å². The van der Waals surface area contributed by atoms with E-state index in [1.54, 1.807) is 0 Å². The molecule has 0 amide bonds. The molecule has 0 bridgehead atoms. The van der Waals surface area contributed by atoms with E-state index in [0.717, 1.165) is 12.0 Å². The zero-order valence-corrected chi connectivity index (χ0v) is 15.7. The molecular formula is C19H24N2O4S. The largest absolute Gasteiger partial charge is 0.478 e. The van der Waals surface area contributed by atoms with Crippen LogP contribution in [0.5, 0.6) is 0 Å². The fraction of sp³-hybridized carbons (Fsp3) is 0.316. The molecule has 26 heavy (non-hydrogen) atoms. The number of carboxylic acids is 1. The van der Waals surface area contributed by atoms with Crippen molar-refractivity contribution in [3.8, 4) is 0 Å². The smallest absolute Gasteiger partial charge is 0.337 e. The second-order valence-corrected chi connectivity index (χ2v) is 8.20. The number of rotatable bonds is 9. The normalized spacial score (nSPS) is 11.5. The average molecular weight is 376 g/mol. The lowest BCUT2D eigenvalue weighted by Crippen LogP contribution is -2.23. The minimum atomic E-state index is -3.81. The Kier molecular flexibility index (Phi) is 6.76. The Labute approximate surface area is 154 Å². The summed E-state index contributed by atoms with van der Waals surface area (Å²) in [6.07, 6.45) is 0.887. The number of sulfonamides is 1. The first-order valence-corrected chi connectivity index (χ1v) is 9.92. The molecule has 0 aromatic heterocycles. The number of aromatic carboxylic acids is 1. The fourth-order valence-corrected chi connectivity index (χ4v) is 3.42. The van der Waals surface area contributed by atoms with Crippen LogP contribution in [0, 0.1) is 5.92 Å². The third-order valence-corrected chi connectivity index (χ3v) is 5.28. The summed E-state index contributed by atoms with van der Waals surface area (Å²) in [5.74, 6) is -0.685. The van der Waals surface area contributed by atoms with Gasteiger partial charge in [-0.2, -0.15) is 0 Å². The predicted octanol–water partition coefficient (Wildman–Crippen LogP) is 3.32. The van der Waals surface area contributed by atoms with Crippen molar-refractivity contribution in [2.45, 2.75) is 31.7 Å². The van der Waals surface area contributed by atoms with Crippen molar-refractivity contribution in [2.24, 2.45) is 5.92 Å². The van der Waals surface area contributed by atoms with Gasteiger partial charge in [0, 0.05) is 18.8 Å². The molecular weight excluding hydrogens is 352 g/mol. The lowest BCUT2D eigenvalue weighted by atomic mass is 10.1. The summed E-state index contributed by atoms with van der Waals surface area (Å²) in [5, 5.41) is 12.5. The topological polar surface area (TPSA) is 95.5 Å². The van der Waals surface area contributed by atoms with Crippen LogP contribution in [0.1, 0.15) is 36.2 Å². The van der Waals surface area contributed by atoms with E-state index in [2.05, 4.69) is 23.9 Å². The maximum absolute atomic E-state index is 12.5. The molecule has 2 rings (SSSR count). The maximum Gasteiger partial charge on any atom is 0.337 e. The second-order valence-electron chi connectivity index (χ2n) is 6.43. The zero-order valence-electron chi connectivity index (χ0n) is 14.9. The Morgan fingerprint density at radius 2 is 1.81 bits per heavy atom. The highest BCUT2D eigenvalue weighted by molar-refractivity contribution is 7.89. The van der Waals surface area contributed by atoms with Crippen molar-refractivity contribution in [3.05, 3.63) is 59.7 Å². The van der Waals surface area contributed by atoms with Gasteiger partial charge < -0.3 is 10.4 Å². The van der Waals surface area contributed by atoms with Crippen LogP contribution < -0.4 is 10.0 Å². The van der Waals surface area contributed by atoms with E-state index >= 15 is 0 Å². The van der Waals surface area contributed by atoms with E-state index in [0.29, 0.717) is 18.2 Å². The fourth-order valence-electron chi connectivity index (χ4n) is 2.37. The quantitative estimate of drug-likeness (QED) is 0.624. The van der Waals surface area contributed by atoms with Crippen LogP contribution in [0.4, 0.5) is 5.69 Å². The Morgan fingerprint density at radius 3 is 2.42 bits per heavy atom. The second kappa shape index (κ2) is 8.82. The molecule has 0 fully saturated rings. The van der Waals surface area contributed by atoms with E-state index in [-0.39, 0.29) is 17.0 Å². The van der Waals surface area contributed by atoms with Crippen molar-refractivity contribution < 1.29 is 18.3 Å². The van der Waals surface area contributed by atoms with Crippen LogP contribution in [-0.2, 0) is 16.6 Å². The molecule has 0 radical (unpaired) electrons. The summed E-state index contributed by atoms with van der Waals surface area (Å²) in [5.41, 5.74) is 1.18. The first kappa shape index (κ1) is 19.9. The first-order valence-electron chi connectivity index (χ1n) is 8.44. The molecule has 0 unspecified atom stereocenters. The molecule has 140 valence electrons. The van der Waals surface area contributed by atoms with E-state index < -0.39 is 16.0 Å². The average Bonchev–Trinajstić information content (AvgIpc) is 2.60. The van der Waals surface area contributed by atoms with Crippen molar-refractivity contribution in [1.29, 1.82) is 0 Å². The van der Waals surface area contributed by atoms with E-state index in [4.69, 9.17) is 0 Å². The standard InChI is InChI=1S/C19H24N2O4S/c1-14(2)10-11-20-18-9-8-16(12-17(18)19(22)23)26(24,25)21-13-15-6-4-3-5-7-15/h3-9,12,14,20-21H,10-11,13H2,1-2H3,(H,22,23). The van der Waals surface area contributed by atoms with Gasteiger partial charge in [0.1, 0.15) is 0 Å². The van der Waals surface area contributed by atoms with Crippen LogP contribution in [0.2, 0.25) is 0 Å². The third kappa shape index (κ3) is 5.57. The minimum Gasteiger partial charge on any atom is -0.478 e. The Morgan fingerprint density at radius 1 is 1.12 bits per heavy atom. The van der Waals surface area contributed by atoms with Gasteiger partial charge in [-0.15, -0.1) is 0 Å². The van der Waals surface area contributed by atoms with Gasteiger partial charge in [0.25, 0.3) is 0 Å². The number of benzene rings is 2. The van der Waals surface area contributed by atoms with E-state index in [1.807, 2.05) is 30.3 Å².